The molecule has 1 heterocycles. The van der Waals surface area contributed by atoms with E-state index in [9.17, 15) is 0 Å². The third-order valence-electron chi connectivity index (χ3n) is 3.54. The molecule has 128 valence electrons. The zero-order valence-electron chi connectivity index (χ0n) is 27.6. The summed E-state index contributed by atoms with van der Waals surface area (Å²) in [6.45, 7) is -13.7. The lowest BCUT2D eigenvalue weighted by atomic mass is 9.88. The van der Waals surface area contributed by atoms with Crippen LogP contribution >= 0.6 is 11.6 Å². The van der Waals surface area contributed by atoms with Crippen molar-refractivity contribution in [3.8, 4) is 0 Å². The summed E-state index contributed by atoms with van der Waals surface area (Å²) in [6.07, 6.45) is -8.78. The summed E-state index contributed by atoms with van der Waals surface area (Å²) in [6, 6.07) is 9.09. The van der Waals surface area contributed by atoms with E-state index in [-0.39, 0.29) is 21.0 Å². The van der Waals surface area contributed by atoms with Crippen molar-refractivity contribution >= 4 is 11.6 Å². The summed E-state index contributed by atoms with van der Waals surface area (Å²) in [5.41, 5.74) is -2.73. The molecule has 0 bridgehead atoms. The molecule has 24 heavy (non-hydrogen) atoms. The maximum absolute atomic E-state index is 8.80. The Morgan fingerprint density at radius 3 is 2.75 bits per heavy atom. The summed E-state index contributed by atoms with van der Waals surface area (Å²) < 4.78 is 129. The van der Waals surface area contributed by atoms with Gasteiger partial charge in [0.25, 0.3) is 0 Å². The van der Waals surface area contributed by atoms with Crippen molar-refractivity contribution in [2.24, 2.45) is 0 Å². The lowest BCUT2D eigenvalue weighted by Crippen LogP contribution is -2.31. The van der Waals surface area contributed by atoms with Crippen LogP contribution < -0.4 is 0 Å². The molecule has 0 amide bonds. The molecule has 3 heteroatoms. The number of hydrogen-bond acceptors (Lipinski definition) is 2. The minimum atomic E-state index is -3.61. The second-order valence-electron chi connectivity index (χ2n) is 5.12. The van der Waals surface area contributed by atoms with E-state index in [2.05, 4.69) is 0 Å². The predicted octanol–water partition coefficient (Wildman–Crippen LogP) is 5.10. The first-order valence-electron chi connectivity index (χ1n) is 14.7. The SMILES string of the molecule is [2H]C([2H])(C[C@]1([2H])N(C([2H])([2H])[2H])C([2H])([2H])C([2H])([2H])C1([2H])[2H])O[C@](c1ccccc1)(c1ccc(Cl)cc1)C([2H])([2H])[2H]. The zero-order valence-corrected chi connectivity index (χ0v) is 13.4. The largest absolute Gasteiger partial charge is 0.366 e. The van der Waals surface area contributed by atoms with Gasteiger partial charge in [0, 0.05) is 35.4 Å². The van der Waals surface area contributed by atoms with E-state index in [1.54, 1.807) is 6.07 Å². The molecule has 1 aliphatic rings. The zero-order chi connectivity index (χ0) is 30.1. The number of nitrogens with zero attached hydrogens (tertiary/aromatic N) is 1. The number of hydrogen-bond donors (Lipinski definition) is 0. The molecule has 2 atom stereocenters. The Bertz CT molecular complexity index is 1180. The summed E-state index contributed by atoms with van der Waals surface area (Å²) in [7, 11) is 0. The van der Waals surface area contributed by atoms with Gasteiger partial charge in [0.15, 0.2) is 0 Å². The average Bonchev–Trinajstić information content (AvgIpc) is 2.83. The van der Waals surface area contributed by atoms with Crippen LogP contribution in [-0.4, -0.2) is 30.9 Å². The molecule has 0 unspecified atom stereocenters. The summed E-state index contributed by atoms with van der Waals surface area (Å²) in [4.78, 5) is -0.323. The Kier molecular flexibility index (Phi) is 2.16. The highest BCUT2D eigenvalue weighted by atomic mass is 35.5. The van der Waals surface area contributed by atoms with Gasteiger partial charge in [-0.15, -0.1) is 0 Å². The van der Waals surface area contributed by atoms with E-state index in [0.29, 0.717) is 0 Å². The van der Waals surface area contributed by atoms with Crippen molar-refractivity contribution in [2.75, 3.05) is 20.0 Å². The normalized spacial score (nSPS) is 41.1. The van der Waals surface area contributed by atoms with Crippen LogP contribution in [0, 0.1) is 0 Å². The summed E-state index contributed by atoms with van der Waals surface area (Å²) in [5.74, 6) is 0. The van der Waals surface area contributed by atoms with Crippen LogP contribution in [0.25, 0.3) is 0 Å². The molecule has 0 saturated carbocycles. The molecule has 0 aliphatic carbocycles. The maximum Gasteiger partial charge on any atom is 0.115 e. The molecular formula is C21H26ClNO. The van der Waals surface area contributed by atoms with Crippen molar-refractivity contribution in [1.82, 2.24) is 4.90 Å². The van der Waals surface area contributed by atoms with Crippen molar-refractivity contribution in [3.05, 3.63) is 70.7 Å². The smallest absolute Gasteiger partial charge is 0.115 e. The van der Waals surface area contributed by atoms with Gasteiger partial charge in [-0.3, -0.25) is 0 Å². The maximum atomic E-state index is 8.80. The molecule has 0 radical (unpaired) electrons. The van der Waals surface area contributed by atoms with Crippen molar-refractivity contribution in [1.29, 1.82) is 0 Å². The molecule has 2 aromatic carbocycles. The highest BCUT2D eigenvalue weighted by Gasteiger charge is 2.30. The number of halogens is 1. The monoisotopic (exact) mass is 358 g/mol. The molecule has 1 aliphatic heterocycles. The second-order valence-corrected chi connectivity index (χ2v) is 5.56. The van der Waals surface area contributed by atoms with E-state index in [1.807, 2.05) is 0 Å². The second kappa shape index (κ2) is 7.69. The van der Waals surface area contributed by atoms with Gasteiger partial charge in [-0.2, -0.15) is 0 Å². The standard InChI is InChI=1S/C21H26ClNO/c1-21(17-7-4-3-5-8-17,18-10-12-19(22)13-11-18)24-16-14-20-9-6-15-23(20)2/h3-5,7-8,10-13,20H,6,9,14-16H2,1-2H3/t20-,21-/m1/s1/i1D3,2D3,6D2,9D2,15D2,16D2,20D. The van der Waals surface area contributed by atoms with E-state index in [1.165, 1.54) is 48.5 Å². The molecule has 3 rings (SSSR count). The number of likely N-dealkylation sites (tertiary alicyclic amines) is 1. The van der Waals surface area contributed by atoms with Crippen LogP contribution in [0.3, 0.4) is 0 Å². The van der Waals surface area contributed by atoms with Crippen molar-refractivity contribution in [2.45, 2.75) is 37.6 Å². The van der Waals surface area contributed by atoms with Gasteiger partial charge in [0.1, 0.15) is 5.60 Å². The summed E-state index contributed by atoms with van der Waals surface area (Å²) >= 11 is 5.98. The van der Waals surface area contributed by atoms with Crippen LogP contribution in [0.5, 0.6) is 0 Å². The van der Waals surface area contributed by atoms with Crippen LogP contribution in [0.15, 0.2) is 54.6 Å². The van der Waals surface area contributed by atoms with Crippen molar-refractivity contribution in [3.63, 3.8) is 0 Å². The topological polar surface area (TPSA) is 12.5 Å². The van der Waals surface area contributed by atoms with Gasteiger partial charge in [-0.1, -0.05) is 54.1 Å². The molecule has 1 fully saturated rings. The third-order valence-corrected chi connectivity index (χ3v) is 3.79. The number of benzene rings is 2. The average molecular weight is 359 g/mol. The van der Waals surface area contributed by atoms with Gasteiger partial charge in [0.2, 0.25) is 0 Å². The highest BCUT2D eigenvalue weighted by Crippen LogP contribution is 2.34. The highest BCUT2D eigenvalue weighted by molar-refractivity contribution is 6.30. The van der Waals surface area contributed by atoms with Gasteiger partial charge >= 0.3 is 0 Å². The molecule has 1 saturated heterocycles. The van der Waals surface area contributed by atoms with E-state index in [0.717, 1.165) is 0 Å². The quantitative estimate of drug-likeness (QED) is 0.711. The minimum absolute atomic E-state index is 0.0528. The van der Waals surface area contributed by atoms with E-state index in [4.69, 9.17) is 36.9 Å². The fourth-order valence-corrected chi connectivity index (χ4v) is 2.38. The number of rotatable bonds is 6. The Morgan fingerprint density at radius 2 is 2.04 bits per heavy atom. The number of ether oxygens (including phenoxy) is 1. The Balaban J connectivity index is 2.25. The molecule has 0 aromatic heterocycles. The Hall–Kier alpha value is -1.35. The predicted molar refractivity (Wildman–Crippen MR) is 101 cm³/mol. The van der Waals surface area contributed by atoms with E-state index < -0.39 is 57.7 Å². The minimum Gasteiger partial charge on any atom is -0.366 e. The van der Waals surface area contributed by atoms with Crippen LogP contribution in [0.4, 0.5) is 0 Å². The molecule has 2 aromatic rings. The molecular weight excluding hydrogens is 318 g/mol. The van der Waals surface area contributed by atoms with Gasteiger partial charge in [-0.05, 0) is 62.8 Å². The van der Waals surface area contributed by atoms with Crippen LogP contribution in [-0.2, 0) is 10.3 Å². The summed E-state index contributed by atoms with van der Waals surface area (Å²) in [5, 5.41) is 0.233. The fourth-order valence-electron chi connectivity index (χ4n) is 2.26. The fraction of sp³-hybridized carbons (Fsp3) is 0.429. The van der Waals surface area contributed by atoms with E-state index >= 15 is 0 Å². The lowest BCUT2D eigenvalue weighted by Gasteiger charge is -2.32. The third kappa shape index (κ3) is 3.83. The first kappa shape index (κ1) is 6.75. The van der Waals surface area contributed by atoms with Crippen molar-refractivity contribution < 1.29 is 25.3 Å². The van der Waals surface area contributed by atoms with Gasteiger partial charge in [-0.25, -0.2) is 0 Å². The molecule has 0 spiro atoms. The molecule has 2 nitrogen and oxygen atoms in total. The van der Waals surface area contributed by atoms with Crippen LogP contribution in [0.1, 0.15) is 57.7 Å². The van der Waals surface area contributed by atoms with Gasteiger partial charge < -0.3 is 9.64 Å². The first-order chi connectivity index (χ1) is 17.4. The Labute approximate surface area is 171 Å². The molecule has 0 N–H and O–H groups in total. The van der Waals surface area contributed by atoms with Crippen LogP contribution in [0.2, 0.25) is 5.02 Å². The first-order valence-corrected chi connectivity index (χ1v) is 7.59. The Morgan fingerprint density at radius 1 is 1.29 bits per heavy atom. The van der Waals surface area contributed by atoms with Gasteiger partial charge in [0.05, 0.1) is 2.74 Å². The lowest BCUT2D eigenvalue weighted by molar-refractivity contribution is -0.0117.